The van der Waals surface area contributed by atoms with Gasteiger partial charge in [-0.15, -0.1) is 0 Å². The van der Waals surface area contributed by atoms with Crippen molar-refractivity contribution >= 4 is 11.8 Å². The molecular weight excluding hydrogens is 108 g/mol. The van der Waals surface area contributed by atoms with Gasteiger partial charge in [-0.2, -0.15) is 0 Å². The van der Waals surface area contributed by atoms with Crippen LogP contribution in [0.3, 0.4) is 0 Å². The highest BCUT2D eigenvalue weighted by Crippen LogP contribution is 1.70. The lowest BCUT2D eigenvalue weighted by Gasteiger charge is -1.85. The Morgan fingerprint density at radius 3 is 2.00 bits per heavy atom. The lowest BCUT2D eigenvalue weighted by Crippen LogP contribution is -2.18. The molecule has 0 aliphatic carbocycles. The first-order chi connectivity index (χ1) is 3.63. The van der Waals surface area contributed by atoms with Crippen LogP contribution in [-0.2, 0) is 9.59 Å². The Morgan fingerprint density at radius 1 is 1.38 bits per heavy atom. The standard InChI is InChI=1S/C5H6O3/c1-4(6)2-3-5(7)8/h2-3H,1H3,(H,7,8)/p-1/b3-2+. The highest BCUT2D eigenvalue weighted by molar-refractivity contribution is 5.93. The van der Waals surface area contributed by atoms with E-state index in [1.54, 1.807) is 0 Å². The van der Waals surface area contributed by atoms with Crippen LogP contribution in [0.2, 0.25) is 0 Å². The summed E-state index contributed by atoms with van der Waals surface area (Å²) in [6, 6.07) is 0. The van der Waals surface area contributed by atoms with Gasteiger partial charge in [0.1, 0.15) is 0 Å². The molecule has 0 unspecified atom stereocenters. The van der Waals surface area contributed by atoms with Gasteiger partial charge in [-0.1, -0.05) is 0 Å². The van der Waals surface area contributed by atoms with E-state index in [-0.39, 0.29) is 5.78 Å². The fraction of sp³-hybridized carbons (Fsp3) is 0.200. The number of ketones is 1. The van der Waals surface area contributed by atoms with Crippen molar-refractivity contribution in [3.8, 4) is 0 Å². The van der Waals surface area contributed by atoms with E-state index in [2.05, 4.69) is 0 Å². The molecule has 0 aromatic rings. The number of carbonyl (C=O) groups excluding carboxylic acids is 2. The van der Waals surface area contributed by atoms with Gasteiger partial charge in [0.25, 0.3) is 0 Å². The maximum atomic E-state index is 9.97. The number of carboxylic acids is 1. The second-order valence-corrected chi connectivity index (χ2v) is 1.26. The Balaban J connectivity index is 3.67. The topological polar surface area (TPSA) is 57.2 Å². The third-order valence-electron chi connectivity index (χ3n) is 0.454. The first-order valence-corrected chi connectivity index (χ1v) is 2.02. The number of hydrogen-bond acceptors (Lipinski definition) is 3. The van der Waals surface area contributed by atoms with Crippen molar-refractivity contribution in [1.29, 1.82) is 0 Å². The van der Waals surface area contributed by atoms with Crippen molar-refractivity contribution in [3.63, 3.8) is 0 Å². The van der Waals surface area contributed by atoms with Gasteiger partial charge in [0.15, 0.2) is 5.78 Å². The molecule has 8 heavy (non-hydrogen) atoms. The molecule has 44 valence electrons. The molecule has 0 saturated heterocycles. The van der Waals surface area contributed by atoms with Gasteiger partial charge in [-0.05, 0) is 19.1 Å². The summed E-state index contributed by atoms with van der Waals surface area (Å²) < 4.78 is 0. The van der Waals surface area contributed by atoms with Crippen LogP contribution >= 0.6 is 0 Å². The normalized spacial score (nSPS) is 9.62. The van der Waals surface area contributed by atoms with Crippen LogP contribution in [0.15, 0.2) is 12.2 Å². The van der Waals surface area contributed by atoms with Gasteiger partial charge in [-0.3, -0.25) is 4.79 Å². The monoisotopic (exact) mass is 113 g/mol. The van der Waals surface area contributed by atoms with Crippen molar-refractivity contribution in [2.75, 3.05) is 0 Å². The first-order valence-electron chi connectivity index (χ1n) is 2.02. The number of carbonyl (C=O) groups is 2. The van der Waals surface area contributed by atoms with Gasteiger partial charge in [0.2, 0.25) is 0 Å². The molecule has 0 aromatic heterocycles. The lowest BCUT2D eigenvalue weighted by atomic mass is 10.4. The zero-order valence-corrected chi connectivity index (χ0v) is 4.38. The smallest absolute Gasteiger partial charge is 0.152 e. The second kappa shape index (κ2) is 2.96. The molecule has 0 aliphatic heterocycles. The van der Waals surface area contributed by atoms with Crippen LogP contribution in [0.4, 0.5) is 0 Å². The van der Waals surface area contributed by atoms with Crippen LogP contribution in [-0.4, -0.2) is 11.8 Å². The molecule has 0 saturated carbocycles. The number of rotatable bonds is 2. The molecule has 0 rings (SSSR count). The fourth-order valence-electron chi connectivity index (χ4n) is 0.185. The van der Waals surface area contributed by atoms with Crippen LogP contribution < -0.4 is 5.11 Å². The molecule has 0 aromatic carbocycles. The predicted molar refractivity (Wildman–Crippen MR) is 24.8 cm³/mol. The molecule has 0 heterocycles. The molecule has 0 spiro atoms. The summed E-state index contributed by atoms with van der Waals surface area (Å²) in [5, 5.41) is 9.55. The molecule has 0 radical (unpaired) electrons. The van der Waals surface area contributed by atoms with Crippen LogP contribution in [0.5, 0.6) is 0 Å². The number of hydrogen-bond donors (Lipinski definition) is 0. The maximum absolute atomic E-state index is 9.97. The van der Waals surface area contributed by atoms with Crippen LogP contribution in [0.25, 0.3) is 0 Å². The average molecular weight is 113 g/mol. The van der Waals surface area contributed by atoms with E-state index in [9.17, 15) is 14.7 Å². The van der Waals surface area contributed by atoms with Crippen LogP contribution in [0, 0.1) is 0 Å². The SMILES string of the molecule is CC(=O)/C=C/C(=O)[O-]. The lowest BCUT2D eigenvalue weighted by molar-refractivity contribution is -0.297. The Morgan fingerprint density at radius 2 is 1.88 bits per heavy atom. The van der Waals surface area contributed by atoms with E-state index in [0.29, 0.717) is 6.08 Å². The van der Waals surface area contributed by atoms with Crippen molar-refractivity contribution in [3.05, 3.63) is 12.2 Å². The van der Waals surface area contributed by atoms with Crippen molar-refractivity contribution in [2.24, 2.45) is 0 Å². The Kier molecular flexibility index (Phi) is 2.54. The molecule has 3 nitrogen and oxygen atoms in total. The zero-order chi connectivity index (χ0) is 6.57. The molecule has 0 aliphatic rings. The van der Waals surface area contributed by atoms with Crippen LogP contribution in [0.1, 0.15) is 6.92 Å². The summed E-state index contributed by atoms with van der Waals surface area (Å²) in [7, 11) is 0. The van der Waals surface area contributed by atoms with E-state index < -0.39 is 5.97 Å². The Bertz CT molecular complexity index is 119. The molecule has 0 bridgehead atoms. The minimum absolute atomic E-state index is 0.297. The third kappa shape index (κ3) is 4.88. The molecule has 3 heteroatoms. The Labute approximate surface area is 46.6 Å². The molecule has 0 fully saturated rings. The summed E-state index contributed by atoms with van der Waals surface area (Å²) >= 11 is 0. The molecular formula is C5H5O3-. The quantitative estimate of drug-likeness (QED) is 0.426. The summed E-state index contributed by atoms with van der Waals surface area (Å²) in [4.78, 5) is 19.5. The summed E-state index contributed by atoms with van der Waals surface area (Å²) in [6.45, 7) is 1.26. The van der Waals surface area contributed by atoms with Gasteiger partial charge in [-0.25, -0.2) is 0 Å². The summed E-state index contributed by atoms with van der Waals surface area (Å²) in [5.41, 5.74) is 0. The van der Waals surface area contributed by atoms with Gasteiger partial charge in [0, 0.05) is 0 Å². The highest BCUT2D eigenvalue weighted by Gasteiger charge is 1.78. The maximum Gasteiger partial charge on any atom is 0.152 e. The minimum atomic E-state index is -1.35. The van der Waals surface area contributed by atoms with E-state index in [0.717, 1.165) is 6.08 Å². The number of allylic oxidation sites excluding steroid dienone is 1. The average Bonchev–Trinajstić information content (AvgIpc) is 1.61. The van der Waals surface area contributed by atoms with Crippen molar-refractivity contribution in [1.82, 2.24) is 0 Å². The predicted octanol–water partition coefficient (Wildman–Crippen LogP) is -1.12. The first kappa shape index (κ1) is 6.88. The molecule has 0 atom stereocenters. The molecule has 0 N–H and O–H groups in total. The number of aliphatic carboxylic acids is 1. The minimum Gasteiger partial charge on any atom is -0.545 e. The third-order valence-corrected chi connectivity index (χ3v) is 0.454. The molecule has 0 amide bonds. The second-order valence-electron chi connectivity index (χ2n) is 1.26. The van der Waals surface area contributed by atoms with Gasteiger partial charge < -0.3 is 9.90 Å². The van der Waals surface area contributed by atoms with E-state index in [4.69, 9.17) is 0 Å². The number of carboxylic acid groups (broad SMARTS) is 1. The zero-order valence-electron chi connectivity index (χ0n) is 4.38. The Hall–Kier alpha value is -1.12. The highest BCUT2D eigenvalue weighted by atomic mass is 16.4. The van der Waals surface area contributed by atoms with E-state index >= 15 is 0 Å². The van der Waals surface area contributed by atoms with Gasteiger partial charge in [0.05, 0.1) is 5.97 Å². The van der Waals surface area contributed by atoms with E-state index in [1.165, 1.54) is 6.92 Å². The largest absolute Gasteiger partial charge is 0.545 e. The fourth-order valence-corrected chi connectivity index (χ4v) is 0.185. The van der Waals surface area contributed by atoms with Crippen molar-refractivity contribution in [2.45, 2.75) is 6.92 Å². The van der Waals surface area contributed by atoms with E-state index in [1.807, 2.05) is 0 Å². The summed E-state index contributed by atoms with van der Waals surface area (Å²) in [6.07, 6.45) is 1.64. The summed E-state index contributed by atoms with van der Waals surface area (Å²) in [5.74, 6) is -1.64. The van der Waals surface area contributed by atoms with Gasteiger partial charge >= 0.3 is 0 Å². The van der Waals surface area contributed by atoms with Crippen molar-refractivity contribution < 1.29 is 14.7 Å².